The van der Waals surface area contributed by atoms with Crippen LogP contribution in [0.3, 0.4) is 0 Å². The summed E-state index contributed by atoms with van der Waals surface area (Å²) in [5.74, 6) is -1.73. The Bertz CT molecular complexity index is 1080. The van der Waals surface area contributed by atoms with E-state index in [1.807, 2.05) is 0 Å². The number of hydrogen-bond acceptors (Lipinski definition) is 6. The molecule has 1 amide bonds. The first-order valence-corrected chi connectivity index (χ1v) is 10.7. The monoisotopic (exact) mass is 457 g/mol. The second-order valence-electron chi connectivity index (χ2n) is 6.47. The molecule has 0 fully saturated rings. The van der Waals surface area contributed by atoms with Gasteiger partial charge in [-0.15, -0.1) is 11.3 Å². The van der Waals surface area contributed by atoms with E-state index < -0.39 is 23.9 Å². The zero-order valence-electron chi connectivity index (χ0n) is 16.9. The molecule has 0 aliphatic rings. The molecule has 3 rings (SSSR count). The summed E-state index contributed by atoms with van der Waals surface area (Å²) in [6.07, 6.45) is -1.16. The minimum absolute atomic E-state index is 0.183. The number of nitrogens with one attached hydrogen (secondary N) is 1. The van der Waals surface area contributed by atoms with Crippen molar-refractivity contribution in [3.63, 3.8) is 0 Å². The van der Waals surface area contributed by atoms with Crippen molar-refractivity contribution in [3.8, 4) is 11.1 Å². The van der Waals surface area contributed by atoms with Gasteiger partial charge in [0.15, 0.2) is 0 Å². The number of thiophene rings is 1. The number of carbonyl (C=O) groups is 3. The predicted octanol–water partition coefficient (Wildman–Crippen LogP) is 5.49. The highest BCUT2D eigenvalue weighted by atomic mass is 35.5. The Labute approximate surface area is 188 Å². The second kappa shape index (κ2) is 10.2. The summed E-state index contributed by atoms with van der Waals surface area (Å²) in [6.45, 7) is 3.12. The topological polar surface area (TPSA) is 81.7 Å². The lowest BCUT2D eigenvalue weighted by atomic mass is 10.0. The molecule has 8 heteroatoms. The molecule has 1 heterocycles. The van der Waals surface area contributed by atoms with Crippen LogP contribution in [0.25, 0.3) is 11.1 Å². The summed E-state index contributed by atoms with van der Waals surface area (Å²) in [5, 5.41) is 5.36. The van der Waals surface area contributed by atoms with Gasteiger partial charge in [0.25, 0.3) is 5.91 Å². The van der Waals surface area contributed by atoms with Crippen molar-refractivity contribution < 1.29 is 23.9 Å². The van der Waals surface area contributed by atoms with Crippen LogP contribution in [-0.2, 0) is 19.1 Å². The molecular formula is C23H20ClNO5S. The quantitative estimate of drug-likeness (QED) is 0.474. The van der Waals surface area contributed by atoms with Crippen molar-refractivity contribution in [2.24, 2.45) is 0 Å². The van der Waals surface area contributed by atoms with Crippen molar-refractivity contribution in [1.82, 2.24) is 0 Å². The maximum Gasteiger partial charge on any atom is 0.341 e. The Balaban J connectivity index is 1.97. The van der Waals surface area contributed by atoms with Crippen LogP contribution in [0.2, 0.25) is 5.02 Å². The van der Waals surface area contributed by atoms with Gasteiger partial charge in [0.05, 0.1) is 6.61 Å². The molecule has 0 radical (unpaired) electrons. The van der Waals surface area contributed by atoms with Crippen LogP contribution in [0.4, 0.5) is 5.00 Å². The molecule has 1 aromatic heterocycles. The summed E-state index contributed by atoms with van der Waals surface area (Å²) in [5.41, 5.74) is 2.11. The number of halogens is 1. The normalized spacial score (nSPS) is 11.5. The third-order valence-electron chi connectivity index (χ3n) is 4.29. The van der Waals surface area contributed by atoms with Gasteiger partial charge in [0.1, 0.15) is 10.6 Å². The van der Waals surface area contributed by atoms with Crippen molar-refractivity contribution in [2.75, 3.05) is 11.9 Å². The van der Waals surface area contributed by atoms with E-state index in [2.05, 4.69) is 5.32 Å². The number of esters is 2. The maximum atomic E-state index is 13.0. The van der Waals surface area contributed by atoms with E-state index in [1.165, 1.54) is 18.3 Å². The minimum atomic E-state index is -1.16. The number of carbonyl (C=O) groups excluding carboxylic acids is 3. The van der Waals surface area contributed by atoms with E-state index in [-0.39, 0.29) is 12.2 Å². The fourth-order valence-corrected chi connectivity index (χ4v) is 4.03. The third-order valence-corrected chi connectivity index (χ3v) is 5.43. The molecule has 1 N–H and O–H groups in total. The highest BCUT2D eigenvalue weighted by Gasteiger charge is 2.28. The lowest BCUT2D eigenvalue weighted by Crippen LogP contribution is -2.25. The van der Waals surface area contributed by atoms with Gasteiger partial charge >= 0.3 is 11.9 Å². The summed E-state index contributed by atoms with van der Waals surface area (Å²) in [4.78, 5) is 37.3. The van der Waals surface area contributed by atoms with Crippen LogP contribution in [0.15, 0.2) is 60.0 Å². The first-order valence-electron chi connectivity index (χ1n) is 9.48. The van der Waals surface area contributed by atoms with Gasteiger partial charge in [-0.2, -0.15) is 0 Å². The average Bonchev–Trinajstić information content (AvgIpc) is 3.16. The largest absolute Gasteiger partial charge is 0.462 e. The fourth-order valence-electron chi connectivity index (χ4n) is 2.94. The summed E-state index contributed by atoms with van der Waals surface area (Å²) >= 11 is 7.16. The number of hydrogen-bond donors (Lipinski definition) is 1. The molecule has 0 aliphatic heterocycles. The van der Waals surface area contributed by atoms with Crippen molar-refractivity contribution in [1.29, 1.82) is 0 Å². The van der Waals surface area contributed by atoms with E-state index in [1.54, 1.807) is 66.9 Å². The Hall–Kier alpha value is -3.16. The molecule has 0 spiro atoms. The van der Waals surface area contributed by atoms with E-state index in [4.69, 9.17) is 21.1 Å². The molecule has 0 aliphatic carbocycles. The zero-order valence-corrected chi connectivity index (χ0v) is 18.5. The van der Waals surface area contributed by atoms with Gasteiger partial charge < -0.3 is 14.8 Å². The highest BCUT2D eigenvalue weighted by Crippen LogP contribution is 2.37. The van der Waals surface area contributed by atoms with Crippen molar-refractivity contribution >= 4 is 45.8 Å². The van der Waals surface area contributed by atoms with Gasteiger partial charge in [-0.05, 0) is 24.6 Å². The van der Waals surface area contributed by atoms with E-state index >= 15 is 0 Å². The maximum absolute atomic E-state index is 13.0. The molecule has 2 aromatic carbocycles. The molecule has 0 unspecified atom stereocenters. The lowest BCUT2D eigenvalue weighted by Gasteiger charge is -2.17. The van der Waals surface area contributed by atoms with Crippen LogP contribution in [0.1, 0.15) is 35.9 Å². The van der Waals surface area contributed by atoms with Gasteiger partial charge in [0, 0.05) is 28.5 Å². The molecule has 6 nitrogen and oxygen atoms in total. The Morgan fingerprint density at radius 2 is 1.74 bits per heavy atom. The van der Waals surface area contributed by atoms with E-state index in [9.17, 15) is 14.4 Å². The Kier molecular flexibility index (Phi) is 7.44. The van der Waals surface area contributed by atoms with E-state index in [0.717, 1.165) is 5.56 Å². The zero-order chi connectivity index (χ0) is 22.4. The van der Waals surface area contributed by atoms with Gasteiger partial charge in [-0.3, -0.25) is 9.59 Å². The molecule has 0 saturated carbocycles. The van der Waals surface area contributed by atoms with Crippen molar-refractivity contribution in [3.05, 3.63) is 76.1 Å². The SMILES string of the molecule is CCOC(=O)c1c(-c2ccc(Cl)cc2)csc1NC(=O)[C@H](OC(C)=O)c1ccccc1. The number of benzene rings is 2. The summed E-state index contributed by atoms with van der Waals surface area (Å²) in [7, 11) is 0. The second-order valence-corrected chi connectivity index (χ2v) is 7.79. The predicted molar refractivity (Wildman–Crippen MR) is 120 cm³/mol. The molecular weight excluding hydrogens is 438 g/mol. The van der Waals surface area contributed by atoms with Gasteiger partial charge in [0.2, 0.25) is 6.10 Å². The Morgan fingerprint density at radius 3 is 2.35 bits per heavy atom. The number of amides is 1. The smallest absolute Gasteiger partial charge is 0.341 e. The van der Waals surface area contributed by atoms with E-state index in [0.29, 0.717) is 21.2 Å². The average molecular weight is 458 g/mol. The van der Waals surface area contributed by atoms with Crippen LogP contribution in [0, 0.1) is 0 Å². The van der Waals surface area contributed by atoms with Crippen LogP contribution in [0.5, 0.6) is 0 Å². The highest BCUT2D eigenvalue weighted by molar-refractivity contribution is 7.15. The molecule has 1 atom stereocenters. The summed E-state index contributed by atoms with van der Waals surface area (Å²) in [6, 6.07) is 15.7. The first kappa shape index (κ1) is 22.5. The minimum Gasteiger partial charge on any atom is -0.462 e. The standard InChI is InChI=1S/C23H20ClNO5S/c1-3-29-23(28)19-18(15-9-11-17(24)12-10-15)13-31-22(19)25-21(27)20(30-14(2)26)16-7-5-4-6-8-16/h4-13,20H,3H2,1-2H3,(H,25,27)/t20-/m1/s1. The summed E-state index contributed by atoms with van der Waals surface area (Å²) < 4.78 is 10.5. The molecule has 31 heavy (non-hydrogen) atoms. The number of ether oxygens (including phenoxy) is 2. The van der Waals surface area contributed by atoms with Crippen LogP contribution < -0.4 is 5.32 Å². The molecule has 0 bridgehead atoms. The van der Waals surface area contributed by atoms with Crippen molar-refractivity contribution in [2.45, 2.75) is 20.0 Å². The molecule has 0 saturated heterocycles. The van der Waals surface area contributed by atoms with Crippen LogP contribution >= 0.6 is 22.9 Å². The van der Waals surface area contributed by atoms with Gasteiger partial charge in [-0.1, -0.05) is 54.1 Å². The lowest BCUT2D eigenvalue weighted by molar-refractivity contribution is -0.152. The van der Waals surface area contributed by atoms with Crippen LogP contribution in [-0.4, -0.2) is 24.5 Å². The number of anilines is 1. The molecule has 160 valence electrons. The first-order chi connectivity index (χ1) is 14.9. The molecule has 3 aromatic rings. The Morgan fingerprint density at radius 1 is 1.06 bits per heavy atom. The number of rotatable bonds is 7. The van der Waals surface area contributed by atoms with Gasteiger partial charge in [-0.25, -0.2) is 4.79 Å². The fraction of sp³-hybridized carbons (Fsp3) is 0.174. The third kappa shape index (κ3) is 5.51.